The van der Waals surface area contributed by atoms with E-state index < -0.39 is 11.6 Å². The molecule has 0 radical (unpaired) electrons. The fourth-order valence-corrected chi connectivity index (χ4v) is 3.81. The number of carbonyl (C=O) groups excluding carboxylic acids is 1. The van der Waals surface area contributed by atoms with Crippen LogP contribution in [0.5, 0.6) is 0 Å². The Bertz CT molecular complexity index is 913. The zero-order valence-electron chi connectivity index (χ0n) is 16.0. The molecule has 2 aromatic rings. The second-order valence-electron chi connectivity index (χ2n) is 7.79. The van der Waals surface area contributed by atoms with E-state index in [-0.39, 0.29) is 17.7 Å². The number of anilines is 1. The highest BCUT2D eigenvalue weighted by Gasteiger charge is 2.28. The zero-order chi connectivity index (χ0) is 20.5. The van der Waals surface area contributed by atoms with E-state index in [1.807, 2.05) is 26.8 Å². The minimum atomic E-state index is -1.03. The number of likely N-dealkylation sites (tertiary alicyclic amines) is 1. The number of ether oxygens (including phenoxy) is 1. The molecule has 0 aliphatic carbocycles. The van der Waals surface area contributed by atoms with Crippen LogP contribution in [-0.4, -0.2) is 56.8 Å². The van der Waals surface area contributed by atoms with Crippen LogP contribution >= 0.6 is 22.6 Å². The predicted octanol–water partition coefficient (Wildman–Crippen LogP) is 3.74. The Hall–Kier alpha value is -2.17. The van der Waals surface area contributed by atoms with Gasteiger partial charge < -0.3 is 20.1 Å². The van der Waals surface area contributed by atoms with Gasteiger partial charge in [-0.3, -0.25) is 0 Å². The predicted molar refractivity (Wildman–Crippen MR) is 114 cm³/mol. The van der Waals surface area contributed by atoms with Gasteiger partial charge in [0, 0.05) is 28.1 Å². The molecule has 8 nitrogen and oxygen atoms in total. The Labute approximate surface area is 176 Å². The summed E-state index contributed by atoms with van der Waals surface area (Å²) in [5.74, 6) is -0.455. The summed E-state index contributed by atoms with van der Waals surface area (Å²) < 4.78 is 6.26. The number of aromatic carboxylic acids is 1. The first-order valence-electron chi connectivity index (χ1n) is 9.06. The van der Waals surface area contributed by atoms with E-state index in [4.69, 9.17) is 4.74 Å². The smallest absolute Gasteiger partial charge is 0.410 e. The summed E-state index contributed by atoms with van der Waals surface area (Å²) in [6.07, 6.45) is 2.76. The van der Waals surface area contributed by atoms with Gasteiger partial charge in [-0.15, -0.1) is 0 Å². The van der Waals surface area contributed by atoms with Crippen molar-refractivity contribution >= 4 is 51.4 Å². The lowest BCUT2D eigenvalue weighted by atomic mass is 10.1. The molecule has 1 aromatic heterocycles. The van der Waals surface area contributed by atoms with Crippen LogP contribution in [0.1, 0.15) is 44.0 Å². The minimum Gasteiger partial charge on any atom is -0.478 e. The third-order valence-corrected chi connectivity index (χ3v) is 4.97. The van der Waals surface area contributed by atoms with Crippen molar-refractivity contribution in [2.75, 3.05) is 18.4 Å². The molecule has 3 rings (SSSR count). The number of aromatic nitrogens is 2. The molecule has 1 saturated heterocycles. The molecular formula is C19H23IN4O4. The molecule has 1 atom stereocenters. The quantitative estimate of drug-likeness (QED) is 0.622. The topological polar surface area (TPSA) is 105 Å². The number of rotatable bonds is 3. The number of benzene rings is 1. The molecule has 28 heavy (non-hydrogen) atoms. The highest BCUT2D eigenvalue weighted by Crippen LogP contribution is 2.27. The molecule has 0 bridgehead atoms. The summed E-state index contributed by atoms with van der Waals surface area (Å²) in [6.45, 7) is 6.69. The van der Waals surface area contributed by atoms with Crippen molar-refractivity contribution in [1.82, 2.24) is 14.9 Å². The number of nitrogens with zero attached hydrogens (tertiary/aromatic N) is 3. The van der Waals surface area contributed by atoms with Crippen molar-refractivity contribution in [3.8, 4) is 0 Å². The van der Waals surface area contributed by atoms with Crippen molar-refractivity contribution in [2.45, 2.75) is 45.3 Å². The molecule has 1 aliphatic heterocycles. The molecule has 150 valence electrons. The van der Waals surface area contributed by atoms with E-state index in [0.29, 0.717) is 29.8 Å². The fraction of sp³-hybridized carbons (Fsp3) is 0.474. The van der Waals surface area contributed by atoms with Crippen LogP contribution in [0.15, 0.2) is 18.5 Å². The maximum absolute atomic E-state index is 12.4. The standard InChI is InChI=1S/C19H23IN4O4/c1-19(2,3)28-18(27)24-6-4-5-12(9-24)23-16-13-7-11(20)8-14(17(25)26)15(13)21-10-22-16/h7-8,10,12H,4-6,9H2,1-3H3,(H,25,26)(H,21,22,23)/t12-/m0/s1. The highest BCUT2D eigenvalue weighted by molar-refractivity contribution is 14.1. The van der Waals surface area contributed by atoms with Crippen LogP contribution in [-0.2, 0) is 4.74 Å². The number of fused-ring (bicyclic) bond motifs is 1. The third kappa shape index (κ3) is 4.81. The summed E-state index contributed by atoms with van der Waals surface area (Å²) in [5, 5.41) is 13.5. The monoisotopic (exact) mass is 498 g/mol. The third-order valence-electron chi connectivity index (χ3n) is 4.35. The zero-order valence-corrected chi connectivity index (χ0v) is 18.2. The van der Waals surface area contributed by atoms with Gasteiger partial charge in [-0.1, -0.05) is 0 Å². The van der Waals surface area contributed by atoms with E-state index in [0.717, 1.165) is 16.4 Å². The van der Waals surface area contributed by atoms with Gasteiger partial charge in [0.15, 0.2) is 0 Å². The maximum Gasteiger partial charge on any atom is 0.410 e. The van der Waals surface area contributed by atoms with Crippen molar-refractivity contribution in [2.24, 2.45) is 0 Å². The Kier molecular flexibility index (Phi) is 5.92. The number of nitrogens with one attached hydrogen (secondary N) is 1. The number of carbonyl (C=O) groups is 2. The largest absolute Gasteiger partial charge is 0.478 e. The molecule has 1 aliphatic rings. The van der Waals surface area contributed by atoms with E-state index in [1.165, 1.54) is 6.33 Å². The fourth-order valence-electron chi connectivity index (χ4n) is 3.19. The number of carboxylic acid groups (broad SMARTS) is 1. The maximum atomic E-state index is 12.4. The first-order valence-corrected chi connectivity index (χ1v) is 10.1. The van der Waals surface area contributed by atoms with Crippen molar-refractivity contribution < 1.29 is 19.4 Å². The van der Waals surface area contributed by atoms with Crippen molar-refractivity contribution in [3.63, 3.8) is 0 Å². The summed E-state index contributed by atoms with van der Waals surface area (Å²) in [6, 6.07) is 3.44. The van der Waals surface area contributed by atoms with E-state index in [9.17, 15) is 14.7 Å². The molecule has 1 aromatic carbocycles. The van der Waals surface area contributed by atoms with Crippen LogP contribution in [0, 0.1) is 3.57 Å². The molecule has 1 fully saturated rings. The summed E-state index contributed by atoms with van der Waals surface area (Å²) >= 11 is 2.08. The molecule has 2 N–H and O–H groups in total. The average Bonchev–Trinajstić information content (AvgIpc) is 2.60. The Morgan fingerprint density at radius 2 is 2.07 bits per heavy atom. The number of amides is 1. The van der Waals surface area contributed by atoms with Gasteiger partial charge in [0.2, 0.25) is 0 Å². The van der Waals surface area contributed by atoms with Gasteiger partial charge >= 0.3 is 12.1 Å². The molecule has 1 amide bonds. The van der Waals surface area contributed by atoms with E-state index >= 15 is 0 Å². The summed E-state index contributed by atoms with van der Waals surface area (Å²) in [5.41, 5.74) is 0.00105. The highest BCUT2D eigenvalue weighted by atomic mass is 127. The van der Waals surface area contributed by atoms with E-state index in [1.54, 1.807) is 11.0 Å². The molecule has 9 heteroatoms. The normalized spacial score (nSPS) is 17.4. The SMILES string of the molecule is CC(C)(C)OC(=O)N1CCC[C@H](Nc2ncnc3c(C(=O)O)cc(I)cc23)C1. The van der Waals surface area contributed by atoms with E-state index in [2.05, 4.69) is 37.9 Å². The Morgan fingerprint density at radius 3 is 2.75 bits per heavy atom. The van der Waals surface area contributed by atoms with Gasteiger partial charge in [-0.05, 0) is 68.3 Å². The molecule has 2 heterocycles. The van der Waals surface area contributed by atoms with Gasteiger partial charge in [0.25, 0.3) is 0 Å². The lowest BCUT2D eigenvalue weighted by molar-refractivity contribution is 0.0206. The molecule has 0 spiro atoms. The summed E-state index contributed by atoms with van der Waals surface area (Å²) in [7, 11) is 0. The number of halogens is 1. The average molecular weight is 498 g/mol. The molecule has 0 unspecified atom stereocenters. The van der Waals surface area contributed by atoms with Crippen molar-refractivity contribution in [1.29, 1.82) is 0 Å². The van der Waals surface area contributed by atoms with Crippen LogP contribution in [0.25, 0.3) is 10.9 Å². The van der Waals surface area contributed by atoms with Gasteiger partial charge in [0.1, 0.15) is 17.7 Å². The Balaban J connectivity index is 1.83. The lowest BCUT2D eigenvalue weighted by Crippen LogP contribution is -2.47. The van der Waals surface area contributed by atoms with Crippen LogP contribution in [0.4, 0.5) is 10.6 Å². The second-order valence-corrected chi connectivity index (χ2v) is 9.03. The number of carboxylic acids is 1. The van der Waals surface area contributed by atoms with Crippen LogP contribution in [0.3, 0.4) is 0 Å². The lowest BCUT2D eigenvalue weighted by Gasteiger charge is -2.34. The number of hydrogen-bond acceptors (Lipinski definition) is 6. The molecular weight excluding hydrogens is 475 g/mol. The number of hydrogen-bond donors (Lipinski definition) is 2. The second kappa shape index (κ2) is 8.06. The first-order chi connectivity index (χ1) is 13.1. The van der Waals surface area contributed by atoms with Crippen LogP contribution in [0.2, 0.25) is 0 Å². The first kappa shape index (κ1) is 20.6. The van der Waals surface area contributed by atoms with Gasteiger partial charge in [-0.25, -0.2) is 19.6 Å². The van der Waals surface area contributed by atoms with Crippen LogP contribution < -0.4 is 5.32 Å². The Morgan fingerprint density at radius 1 is 1.32 bits per heavy atom. The van der Waals surface area contributed by atoms with Crippen molar-refractivity contribution in [3.05, 3.63) is 27.6 Å². The van der Waals surface area contributed by atoms with Gasteiger partial charge in [-0.2, -0.15) is 0 Å². The van der Waals surface area contributed by atoms with Gasteiger partial charge in [0.05, 0.1) is 11.1 Å². The minimum absolute atomic E-state index is 0.00878. The molecule has 0 saturated carbocycles. The summed E-state index contributed by atoms with van der Waals surface area (Å²) in [4.78, 5) is 34.1. The number of piperidine rings is 1.